The molecule has 19 heavy (non-hydrogen) atoms. The third kappa shape index (κ3) is 3.80. The summed E-state index contributed by atoms with van der Waals surface area (Å²) >= 11 is 3.48. The molecular formula is C15H21BrN2O. The van der Waals surface area contributed by atoms with Crippen LogP contribution in [0.15, 0.2) is 22.7 Å². The van der Waals surface area contributed by atoms with Crippen molar-refractivity contribution in [3.8, 4) is 0 Å². The van der Waals surface area contributed by atoms with Gasteiger partial charge in [0.15, 0.2) is 0 Å². The van der Waals surface area contributed by atoms with E-state index in [1.807, 2.05) is 25.1 Å². The average molecular weight is 325 g/mol. The molecule has 0 saturated heterocycles. The van der Waals surface area contributed by atoms with Crippen molar-refractivity contribution in [2.24, 2.45) is 11.7 Å². The molecule has 1 saturated carbocycles. The van der Waals surface area contributed by atoms with Crippen molar-refractivity contribution in [2.75, 3.05) is 5.32 Å². The summed E-state index contributed by atoms with van der Waals surface area (Å²) in [5.74, 6) is 0.00716. The van der Waals surface area contributed by atoms with Crippen LogP contribution in [0.2, 0.25) is 0 Å². The van der Waals surface area contributed by atoms with E-state index in [9.17, 15) is 4.79 Å². The number of nitrogens with two attached hydrogens (primary N) is 1. The van der Waals surface area contributed by atoms with Crippen LogP contribution in [0.4, 0.5) is 5.69 Å². The number of aryl methyl sites for hydroxylation is 1. The maximum atomic E-state index is 12.3. The van der Waals surface area contributed by atoms with Crippen molar-refractivity contribution in [1.82, 2.24) is 0 Å². The first-order chi connectivity index (χ1) is 9.08. The highest BCUT2D eigenvalue weighted by Crippen LogP contribution is 2.25. The molecule has 0 aliphatic heterocycles. The van der Waals surface area contributed by atoms with E-state index in [1.54, 1.807) is 0 Å². The van der Waals surface area contributed by atoms with Gasteiger partial charge in [0, 0.05) is 16.2 Å². The number of carbonyl (C=O) groups is 1. The van der Waals surface area contributed by atoms with Crippen molar-refractivity contribution in [1.29, 1.82) is 0 Å². The van der Waals surface area contributed by atoms with Gasteiger partial charge in [0.05, 0.1) is 5.92 Å². The van der Waals surface area contributed by atoms with Gasteiger partial charge in [-0.1, -0.05) is 41.3 Å². The molecule has 4 heteroatoms. The number of anilines is 1. The predicted molar refractivity (Wildman–Crippen MR) is 82.1 cm³/mol. The fourth-order valence-electron chi connectivity index (χ4n) is 2.57. The summed E-state index contributed by atoms with van der Waals surface area (Å²) in [4.78, 5) is 12.3. The lowest BCUT2D eigenvalue weighted by Gasteiger charge is -2.20. The zero-order valence-corrected chi connectivity index (χ0v) is 12.9. The molecule has 0 heterocycles. The fraction of sp³-hybridized carbons (Fsp3) is 0.533. The zero-order chi connectivity index (χ0) is 13.8. The summed E-state index contributed by atoms with van der Waals surface area (Å²) in [7, 11) is 0. The summed E-state index contributed by atoms with van der Waals surface area (Å²) in [5.41, 5.74) is 8.11. The van der Waals surface area contributed by atoms with Gasteiger partial charge >= 0.3 is 0 Å². The van der Waals surface area contributed by atoms with Crippen molar-refractivity contribution < 1.29 is 4.79 Å². The van der Waals surface area contributed by atoms with Crippen LogP contribution in [0.25, 0.3) is 0 Å². The van der Waals surface area contributed by atoms with Gasteiger partial charge < -0.3 is 11.1 Å². The number of halogens is 1. The minimum atomic E-state index is -0.0532. The molecule has 2 unspecified atom stereocenters. The zero-order valence-electron chi connectivity index (χ0n) is 11.3. The highest BCUT2D eigenvalue weighted by Gasteiger charge is 2.26. The summed E-state index contributed by atoms with van der Waals surface area (Å²) in [6.45, 7) is 2.02. The third-order valence-electron chi connectivity index (χ3n) is 3.85. The van der Waals surface area contributed by atoms with E-state index in [0.29, 0.717) is 0 Å². The number of amides is 1. The van der Waals surface area contributed by atoms with Crippen LogP contribution in [0.3, 0.4) is 0 Å². The standard InChI is InChI=1S/C15H21BrN2O/c1-10-7-8-11(9-13(10)16)18-15(19)12-5-3-2-4-6-14(12)17/h7-9,12,14H,2-6,17H2,1H3,(H,18,19). The molecule has 3 N–H and O–H groups in total. The molecule has 104 valence electrons. The Morgan fingerprint density at radius 3 is 2.79 bits per heavy atom. The van der Waals surface area contributed by atoms with Crippen molar-refractivity contribution in [3.63, 3.8) is 0 Å². The van der Waals surface area contributed by atoms with Gasteiger partial charge in [-0.2, -0.15) is 0 Å². The Bertz CT molecular complexity index is 461. The Kier molecular flexibility index (Phi) is 4.99. The van der Waals surface area contributed by atoms with Gasteiger partial charge in [0.2, 0.25) is 5.91 Å². The number of benzene rings is 1. The van der Waals surface area contributed by atoms with Crippen molar-refractivity contribution in [3.05, 3.63) is 28.2 Å². The van der Waals surface area contributed by atoms with Crippen molar-refractivity contribution in [2.45, 2.75) is 45.1 Å². The molecule has 3 nitrogen and oxygen atoms in total. The van der Waals surface area contributed by atoms with Crippen LogP contribution >= 0.6 is 15.9 Å². The number of hydrogen-bond donors (Lipinski definition) is 2. The Labute approximate surface area is 123 Å². The maximum Gasteiger partial charge on any atom is 0.229 e. The van der Waals surface area contributed by atoms with Gasteiger partial charge in [-0.05, 0) is 37.5 Å². The Balaban J connectivity index is 2.04. The normalized spacial score (nSPS) is 23.7. The van der Waals surface area contributed by atoms with E-state index >= 15 is 0 Å². The third-order valence-corrected chi connectivity index (χ3v) is 4.70. The van der Waals surface area contributed by atoms with E-state index in [0.717, 1.165) is 41.4 Å². The first-order valence-electron chi connectivity index (χ1n) is 6.90. The molecule has 1 aromatic carbocycles. The second-order valence-corrected chi connectivity index (χ2v) is 6.22. The number of hydrogen-bond acceptors (Lipinski definition) is 2. The molecule has 1 aliphatic carbocycles. The highest BCUT2D eigenvalue weighted by molar-refractivity contribution is 9.10. The molecule has 1 aromatic rings. The lowest BCUT2D eigenvalue weighted by Crippen LogP contribution is -2.37. The monoisotopic (exact) mass is 324 g/mol. The summed E-state index contributed by atoms with van der Waals surface area (Å²) < 4.78 is 1.01. The molecule has 1 aliphatic rings. The molecule has 2 rings (SSSR count). The first-order valence-corrected chi connectivity index (χ1v) is 7.70. The second-order valence-electron chi connectivity index (χ2n) is 5.36. The van der Waals surface area contributed by atoms with Crippen LogP contribution < -0.4 is 11.1 Å². The minimum absolute atomic E-state index is 0.00334. The SMILES string of the molecule is Cc1ccc(NC(=O)C2CCCCCC2N)cc1Br. The Morgan fingerprint density at radius 1 is 1.32 bits per heavy atom. The van der Waals surface area contributed by atoms with Crippen LogP contribution in [-0.2, 0) is 4.79 Å². The van der Waals surface area contributed by atoms with Crippen LogP contribution in [0, 0.1) is 12.8 Å². The summed E-state index contributed by atoms with van der Waals surface area (Å²) in [5, 5.41) is 2.99. The first kappa shape index (κ1) is 14.5. The van der Waals surface area contributed by atoms with Crippen molar-refractivity contribution >= 4 is 27.5 Å². The molecule has 0 aromatic heterocycles. The van der Waals surface area contributed by atoms with E-state index in [2.05, 4.69) is 21.2 Å². The summed E-state index contributed by atoms with van der Waals surface area (Å²) in [6.07, 6.45) is 5.29. The topological polar surface area (TPSA) is 55.1 Å². The molecule has 0 spiro atoms. The van der Waals surface area contributed by atoms with E-state index in [-0.39, 0.29) is 17.9 Å². The molecule has 0 bridgehead atoms. The summed E-state index contributed by atoms with van der Waals surface area (Å²) in [6, 6.07) is 5.86. The molecule has 2 atom stereocenters. The van der Waals surface area contributed by atoms with E-state index < -0.39 is 0 Å². The smallest absolute Gasteiger partial charge is 0.229 e. The van der Waals surface area contributed by atoms with E-state index in [4.69, 9.17) is 5.73 Å². The number of carbonyl (C=O) groups excluding carboxylic acids is 1. The second kappa shape index (κ2) is 6.53. The molecule has 1 fully saturated rings. The van der Waals surface area contributed by atoms with Gasteiger partial charge in [0.25, 0.3) is 0 Å². The van der Waals surface area contributed by atoms with Gasteiger partial charge in [-0.3, -0.25) is 4.79 Å². The molecular weight excluding hydrogens is 304 g/mol. The molecule has 0 radical (unpaired) electrons. The van der Waals surface area contributed by atoms with Crippen LogP contribution in [0.1, 0.15) is 37.7 Å². The lowest BCUT2D eigenvalue weighted by molar-refractivity contribution is -0.120. The molecule has 1 amide bonds. The maximum absolute atomic E-state index is 12.3. The Morgan fingerprint density at radius 2 is 2.05 bits per heavy atom. The predicted octanol–water partition coefficient (Wildman–Crippen LogP) is 3.60. The van der Waals surface area contributed by atoms with Gasteiger partial charge in [0.1, 0.15) is 0 Å². The quantitative estimate of drug-likeness (QED) is 0.816. The minimum Gasteiger partial charge on any atom is -0.327 e. The average Bonchev–Trinajstić information content (AvgIpc) is 2.58. The largest absolute Gasteiger partial charge is 0.327 e. The van der Waals surface area contributed by atoms with Crippen LogP contribution in [0.5, 0.6) is 0 Å². The highest BCUT2D eigenvalue weighted by atomic mass is 79.9. The fourth-order valence-corrected chi connectivity index (χ4v) is 2.95. The van der Waals surface area contributed by atoms with Gasteiger partial charge in [-0.25, -0.2) is 0 Å². The van der Waals surface area contributed by atoms with Gasteiger partial charge in [-0.15, -0.1) is 0 Å². The Hall–Kier alpha value is -0.870. The van der Waals surface area contributed by atoms with E-state index in [1.165, 1.54) is 6.42 Å². The lowest BCUT2D eigenvalue weighted by atomic mass is 9.94. The number of rotatable bonds is 2. The number of nitrogens with one attached hydrogen (secondary N) is 1. The van der Waals surface area contributed by atoms with Crippen LogP contribution in [-0.4, -0.2) is 11.9 Å².